The van der Waals surface area contributed by atoms with Crippen LogP contribution in [0.3, 0.4) is 0 Å². The number of pyridine rings is 1. The van der Waals surface area contributed by atoms with Crippen LogP contribution in [0.5, 0.6) is 0 Å². The second kappa shape index (κ2) is 13.5. The lowest BCUT2D eigenvalue weighted by atomic mass is 10.1. The van der Waals surface area contributed by atoms with Gasteiger partial charge in [-0.15, -0.1) is 0 Å². The number of unbranched alkanes of at least 4 members (excludes halogenated alkanes) is 5. The van der Waals surface area contributed by atoms with E-state index in [1.807, 2.05) is 12.1 Å². The molecule has 0 unspecified atom stereocenters. The molecule has 0 bridgehead atoms. The van der Waals surface area contributed by atoms with Gasteiger partial charge in [-0.3, -0.25) is 9.78 Å². The van der Waals surface area contributed by atoms with Crippen molar-refractivity contribution in [3.05, 3.63) is 35.7 Å². The van der Waals surface area contributed by atoms with Crippen molar-refractivity contribution in [2.45, 2.75) is 83.3 Å². The second-order valence-electron chi connectivity index (χ2n) is 6.77. The summed E-state index contributed by atoms with van der Waals surface area (Å²) in [5.41, 5.74) is 1.21. The van der Waals surface area contributed by atoms with Crippen molar-refractivity contribution in [3.63, 3.8) is 0 Å². The maximum atomic E-state index is 10.5. The average molecular weight is 363 g/mol. The molecule has 0 saturated heterocycles. The number of rotatable bonds is 14. The first kappa shape index (κ1) is 22.3. The Balaban J connectivity index is 2.39. The molecule has 146 valence electrons. The Hall–Kier alpha value is -1.72. The highest BCUT2D eigenvalue weighted by atomic mass is 16.4. The summed E-state index contributed by atoms with van der Waals surface area (Å²) in [5.74, 6) is -0.860. The van der Waals surface area contributed by atoms with E-state index in [9.17, 15) is 15.0 Å². The van der Waals surface area contributed by atoms with Crippen LogP contribution >= 0.6 is 0 Å². The Morgan fingerprint density at radius 2 is 1.81 bits per heavy atom. The first-order valence-electron chi connectivity index (χ1n) is 9.76. The fourth-order valence-corrected chi connectivity index (χ4v) is 2.78. The van der Waals surface area contributed by atoms with Crippen LogP contribution in [0, 0.1) is 0 Å². The first-order chi connectivity index (χ1) is 12.5. The molecule has 26 heavy (non-hydrogen) atoms. The predicted octanol–water partition coefficient (Wildman–Crippen LogP) is 4.49. The van der Waals surface area contributed by atoms with E-state index in [0.29, 0.717) is 24.2 Å². The molecule has 1 heterocycles. The van der Waals surface area contributed by atoms with Crippen LogP contribution in [-0.2, 0) is 4.79 Å². The SMILES string of the molecule is CCCCCCCC[C@H](O)/C=C/c1cccc([C@@H](O)CCCC(=O)O)n1. The van der Waals surface area contributed by atoms with Gasteiger partial charge in [0.25, 0.3) is 0 Å². The zero-order valence-corrected chi connectivity index (χ0v) is 15.8. The molecule has 0 radical (unpaired) electrons. The summed E-state index contributed by atoms with van der Waals surface area (Å²) < 4.78 is 0. The van der Waals surface area contributed by atoms with Crippen LogP contribution in [0.4, 0.5) is 0 Å². The second-order valence-corrected chi connectivity index (χ2v) is 6.77. The quantitative estimate of drug-likeness (QED) is 0.424. The van der Waals surface area contributed by atoms with Crippen molar-refractivity contribution in [2.24, 2.45) is 0 Å². The van der Waals surface area contributed by atoms with E-state index >= 15 is 0 Å². The van der Waals surface area contributed by atoms with E-state index in [4.69, 9.17) is 5.11 Å². The van der Waals surface area contributed by atoms with Crippen molar-refractivity contribution in [3.8, 4) is 0 Å². The monoisotopic (exact) mass is 363 g/mol. The lowest BCUT2D eigenvalue weighted by molar-refractivity contribution is -0.137. The van der Waals surface area contributed by atoms with E-state index in [1.54, 1.807) is 18.2 Å². The van der Waals surface area contributed by atoms with Gasteiger partial charge < -0.3 is 15.3 Å². The number of nitrogens with zero attached hydrogens (tertiary/aromatic N) is 1. The van der Waals surface area contributed by atoms with Crippen molar-refractivity contribution in [1.82, 2.24) is 4.98 Å². The van der Waals surface area contributed by atoms with E-state index < -0.39 is 18.2 Å². The number of hydrogen-bond acceptors (Lipinski definition) is 4. The number of carboxylic acids is 1. The lowest BCUT2D eigenvalue weighted by Crippen LogP contribution is -2.04. The van der Waals surface area contributed by atoms with Crippen molar-refractivity contribution in [2.75, 3.05) is 0 Å². The summed E-state index contributed by atoms with van der Waals surface area (Å²) >= 11 is 0. The van der Waals surface area contributed by atoms with Gasteiger partial charge in [0.05, 0.1) is 23.6 Å². The molecule has 0 saturated carbocycles. The Morgan fingerprint density at radius 1 is 1.08 bits per heavy atom. The van der Waals surface area contributed by atoms with Crippen LogP contribution in [-0.4, -0.2) is 32.4 Å². The molecule has 2 atom stereocenters. The third-order valence-corrected chi connectivity index (χ3v) is 4.34. The average Bonchev–Trinajstić information content (AvgIpc) is 2.62. The van der Waals surface area contributed by atoms with Crippen molar-refractivity contribution < 1.29 is 20.1 Å². The first-order valence-corrected chi connectivity index (χ1v) is 9.76. The van der Waals surface area contributed by atoms with Crippen LogP contribution in [0.25, 0.3) is 6.08 Å². The fourth-order valence-electron chi connectivity index (χ4n) is 2.78. The molecule has 0 aliphatic heterocycles. The van der Waals surface area contributed by atoms with Crippen LogP contribution < -0.4 is 0 Å². The highest BCUT2D eigenvalue weighted by Crippen LogP contribution is 2.18. The summed E-state index contributed by atoms with van der Waals surface area (Å²) in [7, 11) is 0. The van der Waals surface area contributed by atoms with Gasteiger partial charge in [0.1, 0.15) is 0 Å². The molecule has 5 nitrogen and oxygen atoms in total. The van der Waals surface area contributed by atoms with Crippen LogP contribution in [0.2, 0.25) is 0 Å². The standard InChI is InChI=1S/C21H33NO4/c1-2-3-4-5-6-7-11-18(23)16-15-17-10-8-12-19(22-17)20(24)13-9-14-21(25)26/h8,10,12,15-16,18,20,23-24H,2-7,9,11,13-14H2,1H3,(H,25,26)/b16-15+/t18-,20-/m0/s1. The zero-order valence-electron chi connectivity index (χ0n) is 15.8. The third-order valence-electron chi connectivity index (χ3n) is 4.34. The Bertz CT molecular complexity index is 545. The molecule has 1 rings (SSSR count). The van der Waals surface area contributed by atoms with Crippen molar-refractivity contribution in [1.29, 1.82) is 0 Å². The fraction of sp³-hybridized carbons (Fsp3) is 0.619. The Morgan fingerprint density at radius 3 is 2.54 bits per heavy atom. The molecule has 1 aromatic rings. The van der Waals surface area contributed by atoms with Gasteiger partial charge in [-0.25, -0.2) is 0 Å². The maximum Gasteiger partial charge on any atom is 0.303 e. The largest absolute Gasteiger partial charge is 0.481 e. The predicted molar refractivity (Wildman–Crippen MR) is 104 cm³/mol. The molecule has 0 fully saturated rings. The molecule has 0 spiro atoms. The zero-order chi connectivity index (χ0) is 19.2. The number of hydrogen-bond donors (Lipinski definition) is 3. The van der Waals surface area contributed by atoms with Gasteiger partial charge >= 0.3 is 5.97 Å². The van der Waals surface area contributed by atoms with Gasteiger partial charge in [-0.1, -0.05) is 57.6 Å². The molecular formula is C21H33NO4. The van der Waals surface area contributed by atoms with Gasteiger partial charge in [-0.05, 0) is 37.5 Å². The highest BCUT2D eigenvalue weighted by molar-refractivity contribution is 5.66. The summed E-state index contributed by atoms with van der Waals surface area (Å²) in [5, 5.41) is 28.8. The molecule has 1 aromatic heterocycles. The van der Waals surface area contributed by atoms with Crippen LogP contribution in [0.1, 0.15) is 88.6 Å². The van der Waals surface area contributed by atoms with E-state index in [2.05, 4.69) is 11.9 Å². The van der Waals surface area contributed by atoms with Crippen molar-refractivity contribution >= 4 is 12.0 Å². The van der Waals surface area contributed by atoms with Gasteiger partial charge in [-0.2, -0.15) is 0 Å². The summed E-state index contributed by atoms with van der Waals surface area (Å²) in [6, 6.07) is 5.36. The Kier molecular flexibility index (Phi) is 11.6. The summed E-state index contributed by atoms with van der Waals surface area (Å²) in [6.45, 7) is 2.20. The smallest absolute Gasteiger partial charge is 0.303 e. The Labute approximate surface area is 156 Å². The van der Waals surface area contributed by atoms with E-state index in [1.165, 1.54) is 25.7 Å². The molecule has 5 heteroatoms. The number of aliphatic carboxylic acids is 1. The van der Waals surface area contributed by atoms with Gasteiger partial charge in [0.15, 0.2) is 0 Å². The number of aromatic nitrogens is 1. The van der Waals surface area contributed by atoms with E-state index in [0.717, 1.165) is 19.3 Å². The van der Waals surface area contributed by atoms with E-state index in [-0.39, 0.29) is 6.42 Å². The topological polar surface area (TPSA) is 90.7 Å². The number of aliphatic hydroxyl groups excluding tert-OH is 2. The number of carboxylic acid groups (broad SMARTS) is 1. The molecular weight excluding hydrogens is 330 g/mol. The minimum Gasteiger partial charge on any atom is -0.481 e. The normalized spacial score (nSPS) is 13.8. The molecule has 0 aromatic carbocycles. The number of carbonyl (C=O) groups is 1. The third kappa shape index (κ3) is 10.3. The minimum absolute atomic E-state index is 0.0429. The maximum absolute atomic E-state index is 10.5. The number of aliphatic hydroxyl groups is 2. The minimum atomic E-state index is -0.860. The molecule has 0 aliphatic rings. The molecule has 0 aliphatic carbocycles. The molecule has 3 N–H and O–H groups in total. The molecule has 0 amide bonds. The summed E-state index contributed by atoms with van der Waals surface area (Å²) in [6.07, 6.45) is 11.0. The van der Waals surface area contributed by atoms with Gasteiger partial charge in [0.2, 0.25) is 0 Å². The van der Waals surface area contributed by atoms with Crippen LogP contribution in [0.15, 0.2) is 24.3 Å². The van der Waals surface area contributed by atoms with Gasteiger partial charge in [0, 0.05) is 6.42 Å². The summed E-state index contributed by atoms with van der Waals surface area (Å²) in [4.78, 5) is 14.9. The highest BCUT2D eigenvalue weighted by Gasteiger charge is 2.10. The lowest BCUT2D eigenvalue weighted by Gasteiger charge is -2.10.